The first-order valence-corrected chi connectivity index (χ1v) is 9.18. The van der Waals surface area contributed by atoms with Crippen molar-refractivity contribution in [3.8, 4) is 0 Å². The quantitative estimate of drug-likeness (QED) is 0.340. The normalized spacial score (nSPS) is 17.0. The highest BCUT2D eigenvalue weighted by Gasteiger charge is 2.24. The third kappa shape index (κ3) is 8.44. The van der Waals surface area contributed by atoms with Crippen LogP contribution >= 0.6 is 24.0 Å². The number of rotatable bonds is 7. The molecule has 8 heteroatoms. The van der Waals surface area contributed by atoms with Gasteiger partial charge in [-0.15, -0.1) is 24.0 Å². The number of ether oxygens (including phenoxy) is 1. The van der Waals surface area contributed by atoms with Gasteiger partial charge >= 0.3 is 6.09 Å². The Bertz CT molecular complexity index is 396. The lowest BCUT2D eigenvalue weighted by molar-refractivity contribution is 0.0963. The zero-order chi connectivity index (χ0) is 17.9. The van der Waals surface area contributed by atoms with Crippen molar-refractivity contribution in [1.29, 1.82) is 0 Å². The Kier molecular flexibility index (Phi) is 13.0. The number of carbonyl (C=O) groups excluding carboxylic acids is 1. The minimum Gasteiger partial charge on any atom is -0.450 e. The molecule has 0 spiro atoms. The van der Waals surface area contributed by atoms with Gasteiger partial charge in [0.1, 0.15) is 0 Å². The van der Waals surface area contributed by atoms with E-state index in [1.54, 1.807) is 11.9 Å². The molecule has 1 saturated heterocycles. The van der Waals surface area contributed by atoms with Crippen molar-refractivity contribution in [1.82, 2.24) is 20.4 Å². The molecule has 1 fully saturated rings. The van der Waals surface area contributed by atoms with E-state index in [0.717, 1.165) is 51.5 Å². The minimum absolute atomic E-state index is 0. The van der Waals surface area contributed by atoms with Crippen molar-refractivity contribution >= 4 is 36.0 Å². The number of carbonyl (C=O) groups is 1. The van der Waals surface area contributed by atoms with Crippen molar-refractivity contribution in [3.63, 3.8) is 0 Å². The van der Waals surface area contributed by atoms with Crippen LogP contribution in [0, 0.1) is 0 Å². The van der Waals surface area contributed by atoms with Crippen molar-refractivity contribution in [2.24, 2.45) is 4.99 Å². The Labute approximate surface area is 170 Å². The summed E-state index contributed by atoms with van der Waals surface area (Å²) in [5, 5.41) is 6.88. The molecule has 0 saturated carbocycles. The van der Waals surface area contributed by atoms with Crippen molar-refractivity contribution in [2.75, 3.05) is 46.4 Å². The van der Waals surface area contributed by atoms with E-state index in [4.69, 9.17) is 4.74 Å². The number of nitrogens with one attached hydrogen (secondary N) is 2. The second-order valence-corrected chi connectivity index (χ2v) is 6.13. The Morgan fingerprint density at radius 3 is 2.36 bits per heavy atom. The molecular formula is C17H36IN5O2. The summed E-state index contributed by atoms with van der Waals surface area (Å²) in [5.41, 5.74) is 0. The molecule has 0 bridgehead atoms. The molecule has 0 aliphatic carbocycles. The van der Waals surface area contributed by atoms with E-state index in [1.165, 1.54) is 0 Å². The number of aliphatic imine (C=N–C) groups is 1. The summed E-state index contributed by atoms with van der Waals surface area (Å²) in [5.74, 6) is 0.837. The highest BCUT2D eigenvalue weighted by Crippen LogP contribution is 2.11. The van der Waals surface area contributed by atoms with Gasteiger partial charge in [-0.05, 0) is 39.8 Å². The van der Waals surface area contributed by atoms with E-state index < -0.39 is 0 Å². The monoisotopic (exact) mass is 469 g/mol. The van der Waals surface area contributed by atoms with Crippen LogP contribution in [0.25, 0.3) is 0 Å². The summed E-state index contributed by atoms with van der Waals surface area (Å²) in [6, 6.07) is 0.801. The minimum atomic E-state index is -0.202. The van der Waals surface area contributed by atoms with Gasteiger partial charge in [-0.25, -0.2) is 4.79 Å². The Balaban J connectivity index is 0.00000576. The molecule has 0 radical (unpaired) electrons. The molecule has 1 heterocycles. The van der Waals surface area contributed by atoms with Gasteiger partial charge in [0.05, 0.1) is 6.61 Å². The number of halogens is 1. The number of piperidine rings is 1. The summed E-state index contributed by atoms with van der Waals surface area (Å²) in [4.78, 5) is 20.2. The summed E-state index contributed by atoms with van der Waals surface area (Å²) in [6.07, 6.45) is 1.61. The molecule has 1 unspecified atom stereocenters. The van der Waals surface area contributed by atoms with Gasteiger partial charge in [-0.1, -0.05) is 13.8 Å². The van der Waals surface area contributed by atoms with Gasteiger partial charge < -0.3 is 20.3 Å². The second-order valence-electron chi connectivity index (χ2n) is 6.13. The van der Waals surface area contributed by atoms with Gasteiger partial charge in [0.15, 0.2) is 5.96 Å². The standard InChI is InChI=1S/C17H35N5O2.HI/c1-6-21(7-2)14(4)13-19-16(18-5)20-15-9-11-22(12-10-15)17(23)24-8-3;/h14-15H,6-13H2,1-5H3,(H2,18,19,20);1H. The summed E-state index contributed by atoms with van der Waals surface area (Å²) >= 11 is 0. The Hall–Kier alpha value is -0.770. The Morgan fingerprint density at radius 2 is 1.88 bits per heavy atom. The lowest BCUT2D eigenvalue weighted by Gasteiger charge is -2.33. The van der Waals surface area contributed by atoms with Crippen molar-refractivity contribution < 1.29 is 9.53 Å². The van der Waals surface area contributed by atoms with Gasteiger partial charge in [0, 0.05) is 38.8 Å². The number of hydrogen-bond acceptors (Lipinski definition) is 4. The van der Waals surface area contributed by atoms with Gasteiger partial charge in [-0.2, -0.15) is 0 Å². The molecule has 0 aromatic carbocycles. The first-order chi connectivity index (χ1) is 11.5. The molecule has 1 rings (SSSR count). The van der Waals surface area contributed by atoms with E-state index in [-0.39, 0.29) is 30.1 Å². The molecule has 1 aliphatic rings. The highest BCUT2D eigenvalue weighted by molar-refractivity contribution is 14.0. The van der Waals surface area contributed by atoms with Crippen LogP contribution in [0.15, 0.2) is 4.99 Å². The van der Waals surface area contributed by atoms with Crippen LogP contribution in [0.4, 0.5) is 4.79 Å². The smallest absolute Gasteiger partial charge is 0.409 e. The van der Waals surface area contributed by atoms with Crippen molar-refractivity contribution in [2.45, 2.75) is 52.6 Å². The third-order valence-corrected chi connectivity index (χ3v) is 4.59. The van der Waals surface area contributed by atoms with E-state index >= 15 is 0 Å². The lowest BCUT2D eigenvalue weighted by Crippen LogP contribution is -2.51. The fourth-order valence-electron chi connectivity index (χ4n) is 3.03. The molecule has 1 aliphatic heterocycles. The van der Waals surface area contributed by atoms with Gasteiger partial charge in [-0.3, -0.25) is 9.89 Å². The number of amides is 1. The molecular weight excluding hydrogens is 433 g/mol. The first kappa shape index (κ1) is 24.2. The fraction of sp³-hybridized carbons (Fsp3) is 0.882. The topological polar surface area (TPSA) is 69.2 Å². The van der Waals surface area contributed by atoms with Crippen LogP contribution < -0.4 is 10.6 Å². The molecule has 25 heavy (non-hydrogen) atoms. The average molecular weight is 469 g/mol. The van der Waals surface area contributed by atoms with Crippen LogP contribution in [0.2, 0.25) is 0 Å². The van der Waals surface area contributed by atoms with Crippen LogP contribution in [-0.2, 0) is 4.74 Å². The molecule has 0 aromatic rings. The van der Waals surface area contributed by atoms with E-state index in [2.05, 4.69) is 41.3 Å². The van der Waals surface area contributed by atoms with E-state index in [9.17, 15) is 4.79 Å². The number of guanidine groups is 1. The molecule has 1 atom stereocenters. The number of hydrogen-bond donors (Lipinski definition) is 2. The average Bonchev–Trinajstić information content (AvgIpc) is 2.60. The molecule has 148 valence electrons. The zero-order valence-electron chi connectivity index (χ0n) is 16.4. The van der Waals surface area contributed by atoms with Crippen molar-refractivity contribution in [3.05, 3.63) is 0 Å². The molecule has 1 amide bonds. The van der Waals surface area contributed by atoms with Gasteiger partial charge in [0.25, 0.3) is 0 Å². The predicted octanol–water partition coefficient (Wildman–Crippen LogP) is 2.12. The van der Waals surface area contributed by atoms with Crippen LogP contribution in [-0.4, -0.2) is 80.3 Å². The summed E-state index contributed by atoms with van der Waals surface area (Å²) < 4.78 is 5.05. The molecule has 0 aromatic heterocycles. The lowest BCUT2D eigenvalue weighted by atomic mass is 10.1. The van der Waals surface area contributed by atoms with Crippen LogP contribution in [0.5, 0.6) is 0 Å². The largest absolute Gasteiger partial charge is 0.450 e. The number of likely N-dealkylation sites (tertiary alicyclic amines) is 1. The fourth-order valence-corrected chi connectivity index (χ4v) is 3.03. The maximum Gasteiger partial charge on any atom is 0.409 e. The van der Waals surface area contributed by atoms with E-state index in [1.807, 2.05) is 6.92 Å². The second kappa shape index (κ2) is 13.4. The summed E-state index contributed by atoms with van der Waals surface area (Å²) in [7, 11) is 1.80. The van der Waals surface area contributed by atoms with E-state index in [0.29, 0.717) is 18.7 Å². The van der Waals surface area contributed by atoms with Crippen LogP contribution in [0.1, 0.15) is 40.5 Å². The number of likely N-dealkylation sites (N-methyl/N-ethyl adjacent to an activating group) is 1. The first-order valence-electron chi connectivity index (χ1n) is 9.18. The molecule has 2 N–H and O–H groups in total. The third-order valence-electron chi connectivity index (χ3n) is 4.59. The molecule has 7 nitrogen and oxygen atoms in total. The predicted molar refractivity (Wildman–Crippen MR) is 114 cm³/mol. The number of nitrogens with zero attached hydrogens (tertiary/aromatic N) is 3. The van der Waals surface area contributed by atoms with Gasteiger partial charge in [0.2, 0.25) is 0 Å². The zero-order valence-corrected chi connectivity index (χ0v) is 18.7. The SMILES string of the molecule is CCOC(=O)N1CCC(NC(=NC)NCC(C)N(CC)CC)CC1.I. The Morgan fingerprint density at radius 1 is 1.28 bits per heavy atom. The van der Waals surface area contributed by atoms with Crippen LogP contribution in [0.3, 0.4) is 0 Å². The maximum absolute atomic E-state index is 11.7. The maximum atomic E-state index is 11.7. The highest BCUT2D eigenvalue weighted by atomic mass is 127. The summed E-state index contributed by atoms with van der Waals surface area (Å²) in [6.45, 7) is 13.3.